The van der Waals surface area contributed by atoms with Gasteiger partial charge in [0.2, 0.25) is 0 Å². The van der Waals surface area contributed by atoms with E-state index < -0.39 is 11.9 Å². The van der Waals surface area contributed by atoms with Crippen LogP contribution in [0.3, 0.4) is 0 Å². The molecule has 0 amide bonds. The molecule has 3 nitrogen and oxygen atoms in total. The molecular weight excluding hydrogens is 267 g/mol. The smallest absolute Gasteiger partial charge is 0.130 e. The lowest BCUT2D eigenvalue weighted by Crippen LogP contribution is -2.10. The Hall–Kier alpha value is -1.39. The minimum atomic E-state index is -0.994. The van der Waals surface area contributed by atoms with Crippen LogP contribution in [0.15, 0.2) is 30.6 Å². The Bertz CT molecular complexity index is 536. The highest BCUT2D eigenvalue weighted by atomic mass is 35.5. The Labute approximate surface area is 116 Å². The molecule has 0 aliphatic carbocycles. The van der Waals surface area contributed by atoms with Gasteiger partial charge in [-0.3, -0.25) is 0 Å². The van der Waals surface area contributed by atoms with Crippen LogP contribution in [-0.2, 0) is 13.0 Å². The third kappa shape index (κ3) is 3.14. The van der Waals surface area contributed by atoms with Crippen molar-refractivity contribution in [3.63, 3.8) is 0 Å². The van der Waals surface area contributed by atoms with Gasteiger partial charge in [0.1, 0.15) is 11.6 Å². The molecule has 2 rings (SSSR count). The van der Waals surface area contributed by atoms with Gasteiger partial charge in [-0.1, -0.05) is 24.6 Å². The minimum Gasteiger partial charge on any atom is -0.388 e. The number of aliphatic hydroxyl groups is 1. The largest absolute Gasteiger partial charge is 0.388 e. The number of halogens is 2. The van der Waals surface area contributed by atoms with E-state index in [0.29, 0.717) is 0 Å². The van der Waals surface area contributed by atoms with Gasteiger partial charge in [-0.05, 0) is 18.6 Å². The number of hydrogen-bond acceptors (Lipinski definition) is 2. The molecule has 0 spiro atoms. The molecule has 0 aliphatic heterocycles. The second-order valence-corrected chi connectivity index (χ2v) is 4.80. The van der Waals surface area contributed by atoms with Crippen LogP contribution < -0.4 is 0 Å². The third-order valence-electron chi connectivity index (χ3n) is 2.98. The molecule has 1 heterocycles. The lowest BCUT2D eigenvalue weighted by atomic mass is 10.1. The van der Waals surface area contributed by atoms with Crippen molar-refractivity contribution in [1.29, 1.82) is 0 Å². The first-order valence-corrected chi connectivity index (χ1v) is 6.63. The Kier molecular flexibility index (Phi) is 4.56. The number of aliphatic hydroxyl groups excluding tert-OH is 1. The molecule has 19 heavy (non-hydrogen) atoms. The van der Waals surface area contributed by atoms with Crippen LogP contribution in [0.1, 0.15) is 30.8 Å². The summed E-state index contributed by atoms with van der Waals surface area (Å²) in [7, 11) is 0. The molecule has 1 aromatic carbocycles. The maximum absolute atomic E-state index is 13.7. The van der Waals surface area contributed by atoms with Crippen LogP contribution in [0.5, 0.6) is 0 Å². The van der Waals surface area contributed by atoms with Crippen LogP contribution in [0.25, 0.3) is 0 Å². The van der Waals surface area contributed by atoms with Gasteiger partial charge in [0, 0.05) is 35.9 Å². The molecule has 5 heteroatoms. The number of rotatable bonds is 5. The minimum absolute atomic E-state index is 0.134. The zero-order valence-electron chi connectivity index (χ0n) is 10.7. The van der Waals surface area contributed by atoms with Crippen molar-refractivity contribution in [2.24, 2.45) is 0 Å². The highest BCUT2D eigenvalue weighted by Gasteiger charge is 2.18. The molecule has 0 fully saturated rings. The molecule has 0 bridgehead atoms. The first-order chi connectivity index (χ1) is 9.13. The van der Waals surface area contributed by atoms with Gasteiger partial charge in [-0.2, -0.15) is 0 Å². The molecule has 2 aromatic rings. The number of hydrogen-bond donors (Lipinski definition) is 1. The molecule has 0 saturated heterocycles. The van der Waals surface area contributed by atoms with Gasteiger partial charge in [-0.15, -0.1) is 0 Å². The van der Waals surface area contributed by atoms with Gasteiger partial charge in [0.05, 0.1) is 6.10 Å². The Morgan fingerprint density at radius 1 is 1.47 bits per heavy atom. The highest BCUT2D eigenvalue weighted by Crippen LogP contribution is 2.27. The first-order valence-electron chi connectivity index (χ1n) is 6.25. The molecule has 0 radical (unpaired) electrons. The van der Waals surface area contributed by atoms with Crippen LogP contribution in [0.2, 0.25) is 5.02 Å². The summed E-state index contributed by atoms with van der Waals surface area (Å²) in [5.74, 6) is 0.238. The number of nitrogens with zero attached hydrogens (tertiary/aromatic N) is 2. The zero-order valence-corrected chi connectivity index (χ0v) is 11.4. The summed E-state index contributed by atoms with van der Waals surface area (Å²) < 4.78 is 15.7. The van der Waals surface area contributed by atoms with E-state index in [1.54, 1.807) is 12.3 Å². The van der Waals surface area contributed by atoms with Crippen LogP contribution in [0.4, 0.5) is 4.39 Å². The molecule has 1 unspecified atom stereocenters. The maximum Gasteiger partial charge on any atom is 0.130 e. The van der Waals surface area contributed by atoms with Crippen molar-refractivity contribution in [3.05, 3.63) is 52.8 Å². The SMILES string of the molecule is CCCn1ccnc1CC(O)c1c(F)cccc1Cl. The summed E-state index contributed by atoms with van der Waals surface area (Å²) in [5, 5.41) is 10.4. The number of imidazole rings is 1. The van der Waals surface area contributed by atoms with Crippen molar-refractivity contribution < 1.29 is 9.50 Å². The van der Waals surface area contributed by atoms with Crippen LogP contribution in [-0.4, -0.2) is 14.7 Å². The Morgan fingerprint density at radius 3 is 2.95 bits per heavy atom. The summed E-state index contributed by atoms with van der Waals surface area (Å²) in [5.41, 5.74) is 0.134. The lowest BCUT2D eigenvalue weighted by Gasteiger charge is -2.14. The maximum atomic E-state index is 13.7. The van der Waals surface area contributed by atoms with Gasteiger partial charge in [-0.25, -0.2) is 9.37 Å². The van der Waals surface area contributed by atoms with E-state index in [1.807, 2.05) is 10.8 Å². The van der Waals surface area contributed by atoms with Crippen LogP contribution in [0, 0.1) is 5.82 Å². The second kappa shape index (κ2) is 6.17. The van der Waals surface area contributed by atoms with E-state index in [1.165, 1.54) is 12.1 Å². The van der Waals surface area contributed by atoms with Crippen molar-refractivity contribution >= 4 is 11.6 Å². The topological polar surface area (TPSA) is 38.0 Å². The van der Waals surface area contributed by atoms with Gasteiger partial charge >= 0.3 is 0 Å². The molecule has 1 aromatic heterocycles. The summed E-state index contributed by atoms with van der Waals surface area (Å²) in [6, 6.07) is 4.39. The Balaban J connectivity index is 2.21. The quantitative estimate of drug-likeness (QED) is 0.913. The molecule has 0 aliphatic rings. The third-order valence-corrected chi connectivity index (χ3v) is 3.30. The fourth-order valence-corrected chi connectivity index (χ4v) is 2.37. The van der Waals surface area contributed by atoms with E-state index in [9.17, 15) is 9.50 Å². The Morgan fingerprint density at radius 2 is 2.26 bits per heavy atom. The molecule has 1 atom stereocenters. The molecule has 1 N–H and O–H groups in total. The van der Waals surface area contributed by atoms with Crippen molar-refractivity contribution in [3.8, 4) is 0 Å². The number of benzene rings is 1. The zero-order chi connectivity index (χ0) is 13.8. The van der Waals surface area contributed by atoms with Crippen molar-refractivity contribution in [2.75, 3.05) is 0 Å². The van der Waals surface area contributed by atoms with Crippen molar-refractivity contribution in [2.45, 2.75) is 32.4 Å². The van der Waals surface area contributed by atoms with E-state index >= 15 is 0 Å². The highest BCUT2D eigenvalue weighted by molar-refractivity contribution is 6.31. The number of aromatic nitrogens is 2. The van der Waals surface area contributed by atoms with Gasteiger partial charge in [0.15, 0.2) is 0 Å². The van der Waals surface area contributed by atoms with Gasteiger partial charge < -0.3 is 9.67 Å². The fraction of sp³-hybridized carbons (Fsp3) is 0.357. The fourth-order valence-electron chi connectivity index (χ4n) is 2.08. The second-order valence-electron chi connectivity index (χ2n) is 4.39. The molecular formula is C14H16ClFN2O. The molecule has 0 saturated carbocycles. The summed E-state index contributed by atoms with van der Waals surface area (Å²) >= 11 is 5.94. The summed E-state index contributed by atoms with van der Waals surface area (Å²) in [6.45, 7) is 2.89. The average molecular weight is 283 g/mol. The normalized spacial score (nSPS) is 12.6. The van der Waals surface area contributed by atoms with Gasteiger partial charge in [0.25, 0.3) is 0 Å². The molecule has 102 valence electrons. The standard InChI is InChI=1S/C14H16ClFN2O/c1-2-7-18-8-6-17-13(18)9-12(19)14-10(15)4-3-5-11(14)16/h3-6,8,12,19H,2,7,9H2,1H3. The first kappa shape index (κ1) is 14.0. The average Bonchev–Trinajstić information content (AvgIpc) is 2.77. The lowest BCUT2D eigenvalue weighted by molar-refractivity contribution is 0.170. The van der Waals surface area contributed by atoms with E-state index in [2.05, 4.69) is 11.9 Å². The summed E-state index contributed by atoms with van der Waals surface area (Å²) in [4.78, 5) is 4.20. The van der Waals surface area contributed by atoms with E-state index in [0.717, 1.165) is 18.8 Å². The number of aryl methyl sites for hydroxylation is 1. The van der Waals surface area contributed by atoms with E-state index in [-0.39, 0.29) is 17.0 Å². The monoisotopic (exact) mass is 282 g/mol. The summed E-state index contributed by atoms with van der Waals surface area (Å²) in [6.07, 6.45) is 3.76. The predicted octanol–water partition coefficient (Wildman–Crippen LogP) is 3.36. The van der Waals surface area contributed by atoms with Crippen LogP contribution >= 0.6 is 11.6 Å². The van der Waals surface area contributed by atoms with Crippen molar-refractivity contribution in [1.82, 2.24) is 9.55 Å². The predicted molar refractivity (Wildman–Crippen MR) is 72.6 cm³/mol. The van der Waals surface area contributed by atoms with E-state index in [4.69, 9.17) is 11.6 Å².